The second kappa shape index (κ2) is 5.46. The van der Waals surface area contributed by atoms with Gasteiger partial charge in [-0.2, -0.15) is 10.2 Å². The Morgan fingerprint density at radius 2 is 2.20 bits per heavy atom. The van der Waals surface area contributed by atoms with E-state index in [1.807, 2.05) is 0 Å². The number of fused-ring (bicyclic) bond motifs is 1. The second-order valence-corrected chi connectivity index (χ2v) is 6.13. The van der Waals surface area contributed by atoms with Crippen LogP contribution in [0.4, 0.5) is 5.82 Å². The van der Waals surface area contributed by atoms with Crippen molar-refractivity contribution in [2.24, 2.45) is 0 Å². The quantitative estimate of drug-likeness (QED) is 0.384. The number of hydrogen-bond acceptors (Lipinski definition) is 9. The molecule has 0 aliphatic carbocycles. The highest BCUT2D eigenvalue weighted by molar-refractivity contribution is 5.85. The van der Waals surface area contributed by atoms with Crippen LogP contribution in [0, 0.1) is 0 Å². The first-order valence-corrected chi connectivity index (χ1v) is 7.59. The van der Waals surface area contributed by atoms with Crippen molar-refractivity contribution in [2.45, 2.75) is 30.8 Å². The van der Waals surface area contributed by atoms with E-state index in [1.54, 1.807) is 6.07 Å². The summed E-state index contributed by atoms with van der Waals surface area (Å²) >= 11 is 0. The van der Waals surface area contributed by atoms with E-state index in [0.717, 1.165) is 0 Å². The number of rotatable bonds is 3. The summed E-state index contributed by atoms with van der Waals surface area (Å²) < 4.78 is 7.16. The molecule has 25 heavy (non-hydrogen) atoms. The van der Waals surface area contributed by atoms with Gasteiger partial charge in [0.1, 0.15) is 42.1 Å². The van der Waals surface area contributed by atoms with Gasteiger partial charge in [0.2, 0.25) is 0 Å². The Labute approximate surface area is 141 Å². The fourth-order valence-electron chi connectivity index (χ4n) is 3.23. The van der Waals surface area contributed by atoms with Crippen LogP contribution >= 0.6 is 0 Å². The summed E-state index contributed by atoms with van der Waals surface area (Å²) in [5.41, 5.74) is 5.84. The number of ether oxygens (including phenoxy) is 1. The van der Waals surface area contributed by atoms with E-state index in [4.69, 9.17) is 10.5 Å². The monoisotopic (exact) mass is 347 g/mol. The molecule has 3 aromatic heterocycles. The molecule has 0 radical (unpaired) electrons. The smallest absolute Gasteiger partial charge is 0.157 e. The topological polar surface area (TPSA) is 168 Å². The lowest BCUT2D eigenvalue weighted by atomic mass is 9.91. The van der Waals surface area contributed by atoms with Gasteiger partial charge in [-0.1, -0.05) is 0 Å². The third kappa shape index (κ3) is 2.21. The van der Waals surface area contributed by atoms with Gasteiger partial charge >= 0.3 is 0 Å². The fourth-order valence-corrected chi connectivity index (χ4v) is 3.23. The number of aliphatic hydroxyl groups is 3. The maximum absolute atomic E-state index is 10.7. The van der Waals surface area contributed by atoms with Gasteiger partial charge in [0, 0.05) is 0 Å². The summed E-state index contributed by atoms with van der Waals surface area (Å²) in [6.45, 7) is 1.01. The SMILES string of the molecule is C[C@@]1(O)[C@H](O)[C@@H](CO)O[C@H]1c1cc(-c2ncn[nH]2)c2c(N)ncnn12. The Balaban J connectivity index is 1.93. The molecule has 1 saturated heterocycles. The predicted octanol–water partition coefficient (Wildman–Crippen LogP) is -1.36. The second-order valence-electron chi connectivity index (χ2n) is 6.13. The van der Waals surface area contributed by atoms with Crippen molar-refractivity contribution in [1.29, 1.82) is 0 Å². The number of nitrogens with zero attached hydrogens (tertiary/aromatic N) is 5. The summed E-state index contributed by atoms with van der Waals surface area (Å²) in [5, 5.41) is 41.1. The molecule has 0 aromatic carbocycles. The first-order chi connectivity index (χ1) is 11.9. The van der Waals surface area contributed by atoms with Gasteiger partial charge < -0.3 is 25.8 Å². The van der Waals surface area contributed by atoms with Gasteiger partial charge in [0.25, 0.3) is 0 Å². The number of anilines is 1. The molecule has 1 aliphatic heterocycles. The molecule has 11 heteroatoms. The van der Waals surface area contributed by atoms with E-state index < -0.39 is 30.5 Å². The lowest BCUT2D eigenvalue weighted by molar-refractivity contribution is -0.0664. The van der Waals surface area contributed by atoms with E-state index in [-0.39, 0.29) is 5.82 Å². The number of H-pyrrole nitrogens is 1. The van der Waals surface area contributed by atoms with E-state index >= 15 is 0 Å². The van der Waals surface area contributed by atoms with Gasteiger partial charge in [-0.15, -0.1) is 0 Å². The van der Waals surface area contributed by atoms with Crippen LogP contribution < -0.4 is 5.73 Å². The molecular weight excluding hydrogens is 330 g/mol. The van der Waals surface area contributed by atoms with Crippen LogP contribution in [0.5, 0.6) is 0 Å². The number of aromatic amines is 1. The van der Waals surface area contributed by atoms with Crippen molar-refractivity contribution in [2.75, 3.05) is 12.3 Å². The molecule has 0 saturated carbocycles. The Bertz CT molecular complexity index is 907. The summed E-state index contributed by atoms with van der Waals surface area (Å²) in [5.74, 6) is 0.659. The van der Waals surface area contributed by atoms with Crippen molar-refractivity contribution in [3.63, 3.8) is 0 Å². The van der Waals surface area contributed by atoms with Crippen LogP contribution in [0.1, 0.15) is 18.7 Å². The molecule has 132 valence electrons. The number of hydrogen-bond donors (Lipinski definition) is 5. The van der Waals surface area contributed by atoms with Crippen molar-refractivity contribution < 1.29 is 20.1 Å². The number of aliphatic hydroxyl groups excluding tert-OH is 2. The van der Waals surface area contributed by atoms with Crippen LogP contribution in [0.25, 0.3) is 16.9 Å². The molecule has 0 unspecified atom stereocenters. The Morgan fingerprint density at radius 3 is 2.84 bits per heavy atom. The number of aromatic nitrogens is 6. The third-order valence-electron chi connectivity index (χ3n) is 4.52. The molecule has 3 aromatic rings. The van der Waals surface area contributed by atoms with Crippen molar-refractivity contribution in [3.8, 4) is 11.4 Å². The van der Waals surface area contributed by atoms with Crippen LogP contribution in [0.15, 0.2) is 18.7 Å². The maximum atomic E-state index is 10.7. The Kier molecular flexibility index (Phi) is 3.47. The summed E-state index contributed by atoms with van der Waals surface area (Å²) in [6, 6.07) is 1.69. The molecule has 4 atom stereocenters. The number of nitrogens with two attached hydrogens (primary N) is 1. The molecule has 11 nitrogen and oxygen atoms in total. The van der Waals surface area contributed by atoms with Crippen molar-refractivity contribution in [1.82, 2.24) is 29.8 Å². The highest BCUT2D eigenvalue weighted by Crippen LogP contribution is 2.43. The van der Waals surface area contributed by atoms with Crippen LogP contribution in [0.2, 0.25) is 0 Å². The molecule has 4 rings (SSSR count). The normalized spacial score (nSPS) is 29.5. The third-order valence-corrected chi connectivity index (χ3v) is 4.52. The molecule has 6 N–H and O–H groups in total. The first-order valence-electron chi connectivity index (χ1n) is 7.59. The minimum Gasteiger partial charge on any atom is -0.394 e. The molecule has 1 fully saturated rings. The molecular formula is C14H17N7O4. The zero-order chi connectivity index (χ0) is 17.8. The molecule has 0 amide bonds. The first kappa shape index (κ1) is 15.9. The predicted molar refractivity (Wildman–Crippen MR) is 84.1 cm³/mol. The number of nitrogens with one attached hydrogen (secondary N) is 1. The Morgan fingerprint density at radius 1 is 1.40 bits per heavy atom. The zero-order valence-electron chi connectivity index (χ0n) is 13.2. The fraction of sp³-hybridized carbons (Fsp3) is 0.429. The average molecular weight is 347 g/mol. The minimum absolute atomic E-state index is 0.213. The lowest BCUT2D eigenvalue weighted by Gasteiger charge is -2.26. The number of nitrogen functional groups attached to an aromatic ring is 1. The Hall–Kier alpha value is -2.60. The van der Waals surface area contributed by atoms with Gasteiger partial charge in [-0.3, -0.25) is 5.10 Å². The van der Waals surface area contributed by atoms with E-state index in [2.05, 4.69) is 25.3 Å². The largest absolute Gasteiger partial charge is 0.394 e. The van der Waals surface area contributed by atoms with E-state index in [1.165, 1.54) is 24.1 Å². The molecule has 4 heterocycles. The van der Waals surface area contributed by atoms with Crippen LogP contribution in [-0.2, 0) is 4.74 Å². The van der Waals surface area contributed by atoms with Gasteiger partial charge in [0.05, 0.1) is 17.9 Å². The van der Waals surface area contributed by atoms with Crippen molar-refractivity contribution >= 4 is 11.3 Å². The van der Waals surface area contributed by atoms with Crippen LogP contribution in [-0.4, -0.2) is 69.5 Å². The maximum Gasteiger partial charge on any atom is 0.157 e. The minimum atomic E-state index is -1.64. The standard InChI is InChI=1S/C14H17N7O4/c1-14(24)10(23)8(3-22)25-11(14)7-2-6(13-17-4-18-20-13)9-12(15)16-5-19-21(7)9/h2,4-5,8,10-11,22-24H,3H2,1H3,(H2,15,16,19)(H,17,18,20)/t8-,10-,11+,14-/m1/s1. The lowest BCUT2D eigenvalue weighted by Crippen LogP contribution is -2.43. The highest BCUT2D eigenvalue weighted by Gasteiger charge is 2.53. The summed E-state index contributed by atoms with van der Waals surface area (Å²) in [4.78, 5) is 8.11. The zero-order valence-corrected chi connectivity index (χ0v) is 13.2. The average Bonchev–Trinajstić information content (AvgIpc) is 3.27. The molecule has 1 aliphatic rings. The van der Waals surface area contributed by atoms with Crippen molar-refractivity contribution in [3.05, 3.63) is 24.4 Å². The van der Waals surface area contributed by atoms with Gasteiger partial charge in [-0.05, 0) is 13.0 Å². The highest BCUT2D eigenvalue weighted by atomic mass is 16.6. The van der Waals surface area contributed by atoms with E-state index in [9.17, 15) is 15.3 Å². The molecule has 0 bridgehead atoms. The molecule has 0 spiro atoms. The van der Waals surface area contributed by atoms with Gasteiger partial charge in [-0.25, -0.2) is 14.5 Å². The van der Waals surface area contributed by atoms with Gasteiger partial charge in [0.15, 0.2) is 11.6 Å². The summed E-state index contributed by atoms with van der Waals surface area (Å²) in [6.07, 6.45) is -0.496. The summed E-state index contributed by atoms with van der Waals surface area (Å²) in [7, 11) is 0. The van der Waals surface area contributed by atoms with Crippen LogP contribution in [0.3, 0.4) is 0 Å². The van der Waals surface area contributed by atoms with E-state index in [0.29, 0.717) is 22.6 Å².